The Kier molecular flexibility index (Phi) is 5.54. The van der Waals surface area contributed by atoms with Gasteiger partial charge in [0.15, 0.2) is 0 Å². The zero-order valence-corrected chi connectivity index (χ0v) is 13.7. The van der Waals surface area contributed by atoms with Crippen molar-refractivity contribution in [1.82, 2.24) is 0 Å². The van der Waals surface area contributed by atoms with Gasteiger partial charge >= 0.3 is 6.18 Å². The highest BCUT2D eigenvalue weighted by Crippen LogP contribution is 2.25. The standard InChI is InChI=1S/C13H15BrF3NOS/c1-12(2,3)20(19)18-11(8-13(15,16)17)9-5-4-6-10(14)7-9/h4-7H,8H2,1-3H3/b18-11+. The Bertz CT molecular complexity index is 535. The molecular formula is C13H15BrF3NOS. The first-order valence-electron chi connectivity index (χ1n) is 5.81. The number of benzene rings is 1. The fourth-order valence-electron chi connectivity index (χ4n) is 1.28. The summed E-state index contributed by atoms with van der Waals surface area (Å²) in [5, 5.41) is 0. The van der Waals surface area contributed by atoms with Crippen LogP contribution in [0, 0.1) is 0 Å². The molecule has 0 aliphatic heterocycles. The van der Waals surface area contributed by atoms with Crippen LogP contribution in [0.15, 0.2) is 33.1 Å². The predicted octanol–water partition coefficient (Wildman–Crippen LogP) is 4.65. The van der Waals surface area contributed by atoms with E-state index in [1.54, 1.807) is 32.9 Å². The number of nitrogens with zero attached hydrogens (tertiary/aromatic N) is 1. The van der Waals surface area contributed by atoms with Gasteiger partial charge in [0, 0.05) is 4.47 Å². The molecule has 0 radical (unpaired) electrons. The second-order valence-corrected chi connectivity index (χ2v) is 8.02. The van der Waals surface area contributed by atoms with E-state index in [1.165, 1.54) is 12.1 Å². The van der Waals surface area contributed by atoms with Gasteiger partial charge in [-0.3, -0.25) is 0 Å². The van der Waals surface area contributed by atoms with Crippen molar-refractivity contribution >= 4 is 32.6 Å². The van der Waals surface area contributed by atoms with E-state index in [0.29, 0.717) is 10.0 Å². The molecule has 20 heavy (non-hydrogen) atoms. The van der Waals surface area contributed by atoms with Crippen molar-refractivity contribution in [1.29, 1.82) is 0 Å². The zero-order valence-electron chi connectivity index (χ0n) is 11.3. The van der Waals surface area contributed by atoms with E-state index in [4.69, 9.17) is 0 Å². The monoisotopic (exact) mass is 369 g/mol. The number of rotatable bonds is 3. The van der Waals surface area contributed by atoms with E-state index in [0.717, 1.165) is 0 Å². The van der Waals surface area contributed by atoms with Crippen molar-refractivity contribution in [2.45, 2.75) is 38.1 Å². The van der Waals surface area contributed by atoms with Crippen LogP contribution in [0.25, 0.3) is 0 Å². The van der Waals surface area contributed by atoms with Crippen LogP contribution in [0.5, 0.6) is 0 Å². The highest BCUT2D eigenvalue weighted by molar-refractivity contribution is 9.10. The Balaban J connectivity index is 3.22. The Hall–Kier alpha value is -0.690. The summed E-state index contributed by atoms with van der Waals surface area (Å²) in [5.41, 5.74) is 0.0985. The Labute approximate surface area is 127 Å². The van der Waals surface area contributed by atoms with E-state index in [9.17, 15) is 17.4 Å². The molecule has 0 bridgehead atoms. The van der Waals surface area contributed by atoms with Crippen LogP contribution in [0.1, 0.15) is 32.8 Å². The van der Waals surface area contributed by atoms with Crippen LogP contribution < -0.4 is 0 Å². The molecule has 1 rings (SSSR count). The van der Waals surface area contributed by atoms with Crippen molar-refractivity contribution in [2.75, 3.05) is 0 Å². The molecule has 0 amide bonds. The Morgan fingerprint density at radius 1 is 1.30 bits per heavy atom. The number of alkyl halides is 3. The summed E-state index contributed by atoms with van der Waals surface area (Å²) in [5.74, 6) is 0. The van der Waals surface area contributed by atoms with Crippen LogP contribution in [0.2, 0.25) is 0 Å². The second kappa shape index (κ2) is 6.39. The number of halogens is 4. The van der Waals surface area contributed by atoms with Gasteiger partial charge in [0.05, 0.1) is 16.9 Å². The average Bonchev–Trinajstić information content (AvgIpc) is 2.25. The third kappa shape index (κ3) is 5.75. The summed E-state index contributed by atoms with van der Waals surface area (Å²) in [4.78, 5) is 0. The molecular weight excluding hydrogens is 355 g/mol. The van der Waals surface area contributed by atoms with Crippen LogP contribution in [0.3, 0.4) is 0 Å². The first-order valence-corrected chi connectivity index (χ1v) is 7.71. The van der Waals surface area contributed by atoms with Gasteiger partial charge in [-0.25, -0.2) is 4.21 Å². The minimum atomic E-state index is -4.40. The molecule has 0 aliphatic carbocycles. The first-order chi connectivity index (χ1) is 8.99. The van der Waals surface area contributed by atoms with Gasteiger partial charge in [0.25, 0.3) is 0 Å². The van der Waals surface area contributed by atoms with Gasteiger partial charge in [-0.05, 0) is 38.5 Å². The lowest BCUT2D eigenvalue weighted by Gasteiger charge is -2.16. The van der Waals surface area contributed by atoms with Crippen molar-refractivity contribution in [3.8, 4) is 0 Å². The molecule has 0 saturated carbocycles. The fourth-order valence-corrected chi connectivity index (χ4v) is 2.33. The molecule has 0 heterocycles. The molecule has 112 valence electrons. The van der Waals surface area contributed by atoms with Gasteiger partial charge in [0.1, 0.15) is 11.0 Å². The highest BCUT2D eigenvalue weighted by Gasteiger charge is 2.31. The Morgan fingerprint density at radius 3 is 2.35 bits per heavy atom. The van der Waals surface area contributed by atoms with E-state index in [2.05, 4.69) is 20.3 Å². The van der Waals surface area contributed by atoms with Gasteiger partial charge in [0.2, 0.25) is 0 Å². The number of hydrogen-bond acceptors (Lipinski definition) is 1. The lowest BCUT2D eigenvalue weighted by molar-refractivity contribution is -0.121. The maximum atomic E-state index is 12.6. The molecule has 0 spiro atoms. The average molecular weight is 370 g/mol. The van der Waals surface area contributed by atoms with E-state index < -0.39 is 28.3 Å². The fraction of sp³-hybridized carbons (Fsp3) is 0.462. The summed E-state index contributed by atoms with van der Waals surface area (Å²) in [6.07, 6.45) is -5.60. The van der Waals surface area contributed by atoms with Crippen molar-refractivity contribution in [3.05, 3.63) is 34.3 Å². The third-order valence-electron chi connectivity index (χ3n) is 2.24. The molecule has 1 aromatic rings. The smallest absolute Gasteiger partial charge is 0.234 e. The maximum Gasteiger partial charge on any atom is 0.394 e. The molecule has 0 N–H and O–H groups in total. The molecule has 2 nitrogen and oxygen atoms in total. The molecule has 7 heteroatoms. The molecule has 0 aromatic heterocycles. The van der Waals surface area contributed by atoms with Crippen LogP contribution >= 0.6 is 15.9 Å². The zero-order chi connectivity index (χ0) is 15.6. The summed E-state index contributed by atoms with van der Waals surface area (Å²) < 4.78 is 53.6. The molecule has 1 aromatic carbocycles. The van der Waals surface area contributed by atoms with Gasteiger partial charge in [-0.15, -0.1) is 0 Å². The van der Waals surface area contributed by atoms with E-state index in [-0.39, 0.29) is 5.71 Å². The largest absolute Gasteiger partial charge is 0.394 e. The highest BCUT2D eigenvalue weighted by atomic mass is 79.9. The van der Waals surface area contributed by atoms with Gasteiger partial charge in [-0.2, -0.15) is 17.6 Å². The van der Waals surface area contributed by atoms with Crippen LogP contribution in [0.4, 0.5) is 13.2 Å². The Morgan fingerprint density at radius 2 is 1.90 bits per heavy atom. The van der Waals surface area contributed by atoms with Crippen LogP contribution in [-0.2, 0) is 11.0 Å². The second-order valence-electron chi connectivity index (χ2n) is 5.20. The van der Waals surface area contributed by atoms with Gasteiger partial charge in [-0.1, -0.05) is 28.1 Å². The third-order valence-corrected chi connectivity index (χ3v) is 4.17. The normalized spacial score (nSPS) is 15.2. The summed E-state index contributed by atoms with van der Waals surface area (Å²) in [6.45, 7) is 5.00. The minimum Gasteiger partial charge on any atom is -0.234 e. The van der Waals surface area contributed by atoms with E-state index >= 15 is 0 Å². The summed E-state index contributed by atoms with van der Waals surface area (Å²) in [6, 6.07) is 6.38. The lowest BCUT2D eigenvalue weighted by atomic mass is 10.1. The van der Waals surface area contributed by atoms with Crippen molar-refractivity contribution in [3.63, 3.8) is 0 Å². The molecule has 0 fully saturated rings. The molecule has 0 saturated heterocycles. The van der Waals surface area contributed by atoms with Gasteiger partial charge < -0.3 is 0 Å². The summed E-state index contributed by atoms with van der Waals surface area (Å²) >= 11 is 3.20. The summed E-state index contributed by atoms with van der Waals surface area (Å²) in [7, 11) is -1.74. The van der Waals surface area contributed by atoms with E-state index in [1.807, 2.05) is 0 Å². The van der Waals surface area contributed by atoms with Crippen molar-refractivity contribution in [2.24, 2.45) is 4.40 Å². The van der Waals surface area contributed by atoms with Crippen LogP contribution in [-0.4, -0.2) is 20.8 Å². The minimum absolute atomic E-state index is 0.216. The maximum absolute atomic E-state index is 12.6. The predicted molar refractivity (Wildman–Crippen MR) is 79.2 cm³/mol. The first kappa shape index (κ1) is 17.4. The lowest BCUT2D eigenvalue weighted by Crippen LogP contribution is -2.23. The van der Waals surface area contributed by atoms with Crippen molar-refractivity contribution < 1.29 is 17.4 Å². The number of hydrogen-bond donors (Lipinski definition) is 0. The molecule has 1 atom stereocenters. The molecule has 0 aliphatic rings. The molecule has 1 unspecified atom stereocenters. The SMILES string of the molecule is CC(C)(C)S(=O)/N=C(\CC(F)(F)F)c1cccc(Br)c1. The quantitative estimate of drug-likeness (QED) is 0.712. The topological polar surface area (TPSA) is 29.4 Å².